The first-order valence-electron chi connectivity index (χ1n) is 9.58. The van der Waals surface area contributed by atoms with Gasteiger partial charge in [0, 0.05) is 13.6 Å². The van der Waals surface area contributed by atoms with Crippen molar-refractivity contribution in [2.24, 2.45) is 0 Å². The molecule has 0 atom stereocenters. The fraction of sp³-hybridized carbons (Fsp3) is 0.318. The summed E-state index contributed by atoms with van der Waals surface area (Å²) < 4.78 is 30.5. The number of para-hydroxylation sites is 1. The van der Waals surface area contributed by atoms with Gasteiger partial charge in [-0.25, -0.2) is 9.67 Å². The number of ether oxygens (including phenoxy) is 1. The number of benzene rings is 2. The smallest absolute Gasteiger partial charge is 0.387 e. The highest BCUT2D eigenvalue weighted by Gasteiger charge is 2.20. The molecule has 1 amide bonds. The third-order valence-corrected chi connectivity index (χ3v) is 4.66. The number of rotatable bonds is 7. The van der Waals surface area contributed by atoms with Gasteiger partial charge in [-0.15, -0.1) is 5.10 Å². The van der Waals surface area contributed by atoms with Gasteiger partial charge in [0.25, 0.3) is 5.91 Å². The van der Waals surface area contributed by atoms with Crippen LogP contribution in [0.25, 0.3) is 5.69 Å². The van der Waals surface area contributed by atoms with E-state index < -0.39 is 6.61 Å². The number of hydrogen-bond donors (Lipinski definition) is 0. The Morgan fingerprint density at radius 3 is 2.43 bits per heavy atom. The number of amides is 1. The molecule has 3 aromatic rings. The Kier molecular flexibility index (Phi) is 6.44. The minimum absolute atomic E-state index is 0.0718. The summed E-state index contributed by atoms with van der Waals surface area (Å²) in [6.07, 6.45) is 0. The van der Waals surface area contributed by atoms with E-state index in [2.05, 4.69) is 28.7 Å². The summed E-state index contributed by atoms with van der Waals surface area (Å²) in [5.41, 5.74) is 2.78. The predicted octanol–water partition coefficient (Wildman–Crippen LogP) is 4.57. The fourth-order valence-electron chi connectivity index (χ4n) is 3.17. The first-order chi connectivity index (χ1) is 14.3. The molecule has 0 unspecified atom stereocenters. The number of nitrogens with zero attached hydrogens (tertiary/aromatic N) is 4. The van der Waals surface area contributed by atoms with Gasteiger partial charge in [0.05, 0.1) is 5.69 Å². The average molecular weight is 414 g/mol. The van der Waals surface area contributed by atoms with Crippen LogP contribution in [0.4, 0.5) is 8.78 Å². The van der Waals surface area contributed by atoms with Crippen LogP contribution in [0.3, 0.4) is 0 Å². The standard InChI is InChI=1S/C22H24F2N4O2/c1-14(2)18-7-5-6-8-19(18)28-15(3)25-20(26-28)21(29)27(4)13-16-9-11-17(12-10-16)30-22(23)24/h5-12,14,22H,13H2,1-4H3. The van der Waals surface area contributed by atoms with Gasteiger partial charge in [0.1, 0.15) is 11.6 Å². The van der Waals surface area contributed by atoms with Crippen molar-refractivity contribution < 1.29 is 18.3 Å². The van der Waals surface area contributed by atoms with E-state index >= 15 is 0 Å². The first-order valence-corrected chi connectivity index (χ1v) is 9.58. The van der Waals surface area contributed by atoms with Gasteiger partial charge in [-0.3, -0.25) is 4.79 Å². The van der Waals surface area contributed by atoms with Gasteiger partial charge >= 0.3 is 6.61 Å². The molecule has 0 saturated carbocycles. The minimum Gasteiger partial charge on any atom is -0.435 e. The molecule has 0 aliphatic heterocycles. The quantitative estimate of drug-likeness (QED) is 0.568. The number of aryl methyl sites for hydroxylation is 1. The molecule has 6 nitrogen and oxygen atoms in total. The molecule has 0 aliphatic rings. The normalized spacial score (nSPS) is 11.2. The van der Waals surface area contributed by atoms with Gasteiger partial charge in [-0.1, -0.05) is 44.2 Å². The van der Waals surface area contributed by atoms with Gasteiger partial charge in [0.2, 0.25) is 5.82 Å². The van der Waals surface area contributed by atoms with Crippen molar-refractivity contribution in [3.63, 3.8) is 0 Å². The summed E-state index contributed by atoms with van der Waals surface area (Å²) in [5, 5.41) is 4.44. The topological polar surface area (TPSA) is 60.3 Å². The molecule has 158 valence electrons. The fourth-order valence-corrected chi connectivity index (χ4v) is 3.17. The van der Waals surface area contributed by atoms with Crippen LogP contribution < -0.4 is 4.74 Å². The van der Waals surface area contributed by atoms with E-state index in [-0.39, 0.29) is 24.0 Å². The Balaban J connectivity index is 1.77. The Labute approximate surface area is 174 Å². The lowest BCUT2D eigenvalue weighted by Gasteiger charge is -2.16. The molecule has 0 radical (unpaired) electrons. The molecular formula is C22H24F2N4O2. The highest BCUT2D eigenvalue weighted by Crippen LogP contribution is 2.23. The van der Waals surface area contributed by atoms with Gasteiger partial charge in [0.15, 0.2) is 0 Å². The van der Waals surface area contributed by atoms with Gasteiger partial charge in [-0.05, 0) is 42.2 Å². The number of alkyl halides is 2. The van der Waals surface area contributed by atoms with Crippen LogP contribution in [0.1, 0.15) is 47.3 Å². The second-order valence-electron chi connectivity index (χ2n) is 7.29. The molecule has 2 aromatic carbocycles. The summed E-state index contributed by atoms with van der Waals surface area (Å²) >= 11 is 0. The largest absolute Gasteiger partial charge is 0.435 e. The Morgan fingerprint density at radius 2 is 1.80 bits per heavy atom. The minimum atomic E-state index is -2.87. The van der Waals surface area contributed by atoms with Crippen molar-refractivity contribution >= 4 is 5.91 Å². The monoisotopic (exact) mass is 414 g/mol. The van der Waals surface area contributed by atoms with Crippen molar-refractivity contribution in [1.29, 1.82) is 0 Å². The highest BCUT2D eigenvalue weighted by molar-refractivity contribution is 5.90. The van der Waals surface area contributed by atoms with Crippen LogP contribution in [-0.4, -0.2) is 39.2 Å². The molecule has 3 rings (SSSR count). The van der Waals surface area contributed by atoms with Crippen molar-refractivity contribution in [2.45, 2.75) is 39.8 Å². The molecular weight excluding hydrogens is 390 g/mol. The Hall–Kier alpha value is -3.29. The molecule has 0 fully saturated rings. The van der Waals surface area contributed by atoms with Crippen LogP contribution in [0.2, 0.25) is 0 Å². The summed E-state index contributed by atoms with van der Waals surface area (Å²) in [7, 11) is 1.64. The molecule has 0 bridgehead atoms. The predicted molar refractivity (Wildman–Crippen MR) is 109 cm³/mol. The van der Waals surface area contributed by atoms with Gasteiger partial charge in [-0.2, -0.15) is 8.78 Å². The molecule has 30 heavy (non-hydrogen) atoms. The van der Waals surface area contributed by atoms with Crippen LogP contribution in [0.15, 0.2) is 48.5 Å². The third kappa shape index (κ3) is 4.82. The molecule has 0 spiro atoms. The third-order valence-electron chi connectivity index (χ3n) is 4.66. The van der Waals surface area contributed by atoms with Crippen LogP contribution in [-0.2, 0) is 6.54 Å². The van der Waals surface area contributed by atoms with E-state index in [1.54, 1.807) is 23.9 Å². The summed E-state index contributed by atoms with van der Waals surface area (Å²) in [5.74, 6) is 0.762. The van der Waals surface area contributed by atoms with E-state index in [0.29, 0.717) is 11.7 Å². The molecule has 0 saturated heterocycles. The van der Waals surface area contributed by atoms with E-state index in [9.17, 15) is 13.6 Å². The second-order valence-corrected chi connectivity index (χ2v) is 7.29. The lowest BCUT2D eigenvalue weighted by molar-refractivity contribution is -0.0498. The zero-order chi connectivity index (χ0) is 21.8. The van der Waals surface area contributed by atoms with Crippen molar-refractivity contribution in [1.82, 2.24) is 19.7 Å². The van der Waals surface area contributed by atoms with E-state index in [1.165, 1.54) is 17.0 Å². The highest BCUT2D eigenvalue weighted by atomic mass is 19.3. The van der Waals surface area contributed by atoms with Crippen molar-refractivity contribution in [3.05, 3.63) is 71.3 Å². The van der Waals surface area contributed by atoms with Crippen LogP contribution in [0, 0.1) is 6.92 Å². The molecule has 1 heterocycles. The number of halogens is 2. The van der Waals surface area contributed by atoms with Gasteiger partial charge < -0.3 is 9.64 Å². The maximum atomic E-state index is 12.8. The molecule has 0 N–H and O–H groups in total. The molecule has 8 heteroatoms. The average Bonchev–Trinajstić information content (AvgIpc) is 3.09. The van der Waals surface area contributed by atoms with Crippen molar-refractivity contribution in [2.75, 3.05) is 7.05 Å². The second kappa shape index (κ2) is 9.02. The number of carbonyl (C=O) groups excluding carboxylic acids is 1. The molecule has 0 aliphatic carbocycles. The maximum Gasteiger partial charge on any atom is 0.387 e. The number of aromatic nitrogens is 3. The number of hydrogen-bond acceptors (Lipinski definition) is 4. The Bertz CT molecular complexity index is 1020. The maximum absolute atomic E-state index is 12.8. The summed E-state index contributed by atoms with van der Waals surface area (Å²) in [6, 6.07) is 14.1. The van der Waals surface area contributed by atoms with E-state index in [4.69, 9.17) is 0 Å². The Morgan fingerprint density at radius 1 is 1.13 bits per heavy atom. The zero-order valence-electron chi connectivity index (χ0n) is 17.3. The lowest BCUT2D eigenvalue weighted by atomic mass is 10.0. The SMILES string of the molecule is Cc1nc(C(=O)N(C)Cc2ccc(OC(F)F)cc2)nn1-c1ccccc1C(C)C. The van der Waals surface area contributed by atoms with E-state index in [1.807, 2.05) is 31.2 Å². The number of carbonyl (C=O) groups is 1. The van der Waals surface area contributed by atoms with Crippen molar-refractivity contribution in [3.8, 4) is 11.4 Å². The zero-order valence-corrected chi connectivity index (χ0v) is 17.3. The molecule has 1 aromatic heterocycles. The van der Waals surface area contributed by atoms with Crippen LogP contribution in [0.5, 0.6) is 5.75 Å². The van der Waals surface area contributed by atoms with E-state index in [0.717, 1.165) is 16.8 Å². The first kappa shape index (κ1) is 21.4. The summed E-state index contributed by atoms with van der Waals surface area (Å²) in [4.78, 5) is 18.7. The lowest BCUT2D eigenvalue weighted by Crippen LogP contribution is -2.27. The summed E-state index contributed by atoms with van der Waals surface area (Å²) in [6.45, 7) is 3.42. The van der Waals surface area contributed by atoms with Crippen LogP contribution >= 0.6 is 0 Å².